The topological polar surface area (TPSA) is 29.5 Å². The van der Waals surface area contributed by atoms with Gasteiger partial charge in [0.05, 0.1) is 55.4 Å². The molecule has 3 aromatic heterocycles. The van der Waals surface area contributed by atoms with Gasteiger partial charge in [-0.25, -0.2) is 0 Å². The van der Waals surface area contributed by atoms with Crippen LogP contribution in [0.25, 0.3) is 121 Å². The van der Waals surface area contributed by atoms with Gasteiger partial charge < -0.3 is 23.4 Å². The second kappa shape index (κ2) is 24.9. The predicted octanol–water partition coefficient (Wildman–Crippen LogP) is 27.2. The fourth-order valence-corrected chi connectivity index (χ4v) is 18.0. The second-order valence-corrected chi connectivity index (χ2v) is 34.9. The van der Waals surface area contributed by atoms with Crippen molar-refractivity contribution in [2.45, 2.75) is 111 Å². The lowest BCUT2D eigenvalue weighted by atomic mass is 9.33. The molecule has 0 unspecified atom stereocenters. The molecule has 113 heavy (non-hydrogen) atoms. The first kappa shape index (κ1) is 53.3. The Morgan fingerprint density at radius 1 is 0.301 bits per heavy atom. The molecule has 5 heterocycles. The van der Waals surface area contributed by atoms with Crippen LogP contribution in [0.1, 0.15) is 150 Å². The third-order valence-corrected chi connectivity index (χ3v) is 23.8. The van der Waals surface area contributed by atoms with Crippen LogP contribution in [-0.2, 0) is 21.7 Å². The first-order valence-electron chi connectivity index (χ1n) is 47.0. The summed E-state index contributed by atoms with van der Waals surface area (Å²) >= 11 is 0. The summed E-state index contributed by atoms with van der Waals surface area (Å²) in [5, 5.41) is 1.05. The fourth-order valence-electron chi connectivity index (χ4n) is 18.0. The molecule has 0 bridgehead atoms. The minimum absolute atomic E-state index is 0.0192. The Labute approximate surface area is 685 Å². The predicted molar refractivity (Wildman–Crippen MR) is 480 cm³/mol. The van der Waals surface area contributed by atoms with Gasteiger partial charge in [0.15, 0.2) is 11.2 Å². The second-order valence-electron chi connectivity index (χ2n) is 34.9. The van der Waals surface area contributed by atoms with Gasteiger partial charge in [0.1, 0.15) is 0 Å². The van der Waals surface area contributed by atoms with Crippen molar-refractivity contribution < 1.29 is 26.3 Å². The lowest BCUT2D eigenvalue weighted by Crippen LogP contribution is -2.61. The molecule has 0 spiro atoms. The lowest BCUT2D eigenvalue weighted by molar-refractivity contribution is 0.569. The van der Waals surface area contributed by atoms with E-state index in [0.717, 1.165) is 111 Å². The molecule has 0 saturated heterocycles. The summed E-state index contributed by atoms with van der Waals surface area (Å²) in [6, 6.07) is 69.2. The highest BCUT2D eigenvalue weighted by Crippen LogP contribution is 2.55. The molecule has 1 aliphatic carbocycles. The number of benzene rings is 15. The molecular weight excluding hydrogens is 1370 g/mol. The largest absolute Gasteiger partial charge is 0.452 e. The quantitative estimate of drug-likeness (QED) is 0.142. The highest BCUT2D eigenvalue weighted by Gasteiger charge is 2.46. The zero-order valence-corrected chi connectivity index (χ0v) is 65.1. The van der Waals surface area contributed by atoms with Crippen molar-refractivity contribution in [2.75, 3.05) is 9.80 Å². The maximum Gasteiger partial charge on any atom is 0.252 e. The number of hydrogen-bond acceptors (Lipinski definition) is 3. The molecule has 0 saturated carbocycles. The monoisotopic (exact) mass is 1470 g/mol. The minimum atomic E-state index is -0.655. The molecule has 0 fully saturated rings. The Morgan fingerprint density at radius 3 is 1.24 bits per heavy atom. The van der Waals surface area contributed by atoms with Crippen molar-refractivity contribution in [1.29, 1.82) is 0 Å². The first-order chi connectivity index (χ1) is 61.2. The van der Waals surface area contributed by atoms with Crippen LogP contribution in [0.15, 0.2) is 319 Å². The van der Waals surface area contributed by atoms with Crippen molar-refractivity contribution in [3.63, 3.8) is 0 Å². The smallest absolute Gasteiger partial charge is 0.252 e. The van der Waals surface area contributed by atoms with Crippen molar-refractivity contribution >= 4 is 123 Å². The van der Waals surface area contributed by atoms with Gasteiger partial charge in [-0.15, -0.1) is 0 Å². The number of fused-ring (bicyclic) bond motifs is 16. The van der Waals surface area contributed by atoms with Crippen LogP contribution in [0.5, 0.6) is 0 Å². The molecule has 0 radical (unpaired) electrons. The van der Waals surface area contributed by atoms with E-state index in [1.165, 1.54) is 15.7 Å². The van der Waals surface area contributed by atoms with Crippen molar-refractivity contribution in [3.8, 4) is 55.9 Å². The summed E-state index contributed by atoms with van der Waals surface area (Å²) in [6.45, 7) is 26.2. The highest BCUT2D eigenvalue weighted by molar-refractivity contribution is 7.00. The van der Waals surface area contributed by atoms with Crippen LogP contribution in [0.3, 0.4) is 0 Å². The molecule has 0 atom stereocenters. The number of furan rings is 1. The average molecular weight is 1470 g/mol. The van der Waals surface area contributed by atoms with Gasteiger partial charge in [-0.05, 0) is 206 Å². The fraction of sp³-hybridized carbons (Fsp3) is 0.159. The number of nitrogens with zero attached hydrogens (tertiary/aromatic N) is 4. The van der Waals surface area contributed by atoms with Crippen LogP contribution in [0, 0.1) is 0 Å². The molecule has 2 aliphatic heterocycles. The van der Waals surface area contributed by atoms with Gasteiger partial charge in [0.2, 0.25) is 0 Å². The summed E-state index contributed by atoms with van der Waals surface area (Å²) < 4.78 is 162. The molecular formula is C107H89BN4O. The van der Waals surface area contributed by atoms with E-state index in [1.807, 2.05) is 72.8 Å². The van der Waals surface area contributed by atoms with E-state index in [2.05, 4.69) is 232 Å². The molecule has 15 aromatic carbocycles. The van der Waals surface area contributed by atoms with Crippen LogP contribution in [0.2, 0.25) is 0 Å². The highest BCUT2D eigenvalue weighted by atomic mass is 16.3. The van der Waals surface area contributed by atoms with Gasteiger partial charge >= 0.3 is 0 Å². The molecule has 0 N–H and O–H groups in total. The van der Waals surface area contributed by atoms with Gasteiger partial charge in [-0.3, -0.25) is 0 Å². The summed E-state index contributed by atoms with van der Waals surface area (Å²) in [5.41, 5.74) is 22.7. The summed E-state index contributed by atoms with van der Waals surface area (Å²) in [7, 11) is 0. The Morgan fingerprint density at radius 2 is 0.735 bits per heavy atom. The van der Waals surface area contributed by atoms with E-state index in [-0.39, 0.29) is 82.5 Å². The average Bonchev–Trinajstić information content (AvgIpc) is 1.10. The third kappa shape index (κ3) is 10.8. The van der Waals surface area contributed by atoms with Crippen LogP contribution in [-0.4, -0.2) is 15.8 Å². The van der Waals surface area contributed by atoms with E-state index in [9.17, 15) is 16.4 Å². The molecule has 21 rings (SSSR count). The van der Waals surface area contributed by atoms with Crippen molar-refractivity contribution in [3.05, 3.63) is 354 Å². The maximum atomic E-state index is 9.91. The van der Waals surface area contributed by atoms with Crippen molar-refractivity contribution in [2.24, 2.45) is 0 Å². The zero-order valence-electron chi connectivity index (χ0n) is 81.1. The van der Waals surface area contributed by atoms with Gasteiger partial charge in [-0.1, -0.05) is 313 Å². The number of hydrogen-bond donors (Lipinski definition) is 0. The van der Waals surface area contributed by atoms with Gasteiger partial charge in [0.25, 0.3) is 6.71 Å². The first-order valence-corrected chi connectivity index (χ1v) is 39.0. The standard InChI is InChI=1S/C107H89BN4O/c1-104(2,3)72-46-49-82-86(62-72)87-63-73(105(4,5)6)47-50-83(87)100(82)67-45-51-88-96(58-67)112(95-44-28-38-85-84-37-27-43-94(102(84)113-103(85)95)111-92-41-25-21-35-80(92)81-36-22-26-42-93(81)111)99-60-71(70-54-74(106(7,8)9)61-75(55-70)107(10,11)12)59-98-101(99)108(88)89-52-48-76(109-90-39-23-19-33-78(90)79-34-20-24-40-91(79)109)64-97(89)110(98)77-56-68(65-29-15-13-16-30-65)53-69(57-77)66-31-17-14-18-32-66/h13-64,100H,1-12H3/i19D,20D,21D,22D,23D,24D,25D,26D,33D,34D,35D,36D,39D,40D,41D,42D. The van der Waals surface area contributed by atoms with E-state index >= 15 is 0 Å². The number of para-hydroxylation sites is 6. The molecule has 546 valence electrons. The summed E-state index contributed by atoms with van der Waals surface area (Å²) in [6.07, 6.45) is 0. The van der Waals surface area contributed by atoms with E-state index in [1.54, 1.807) is 10.6 Å². The van der Waals surface area contributed by atoms with Gasteiger partial charge in [-0.2, -0.15) is 0 Å². The van der Waals surface area contributed by atoms with Gasteiger partial charge in [0, 0.05) is 72.4 Å². The lowest BCUT2D eigenvalue weighted by Gasteiger charge is -2.45. The van der Waals surface area contributed by atoms with Crippen LogP contribution < -0.4 is 26.2 Å². The van der Waals surface area contributed by atoms with E-state index in [0.29, 0.717) is 33.4 Å². The molecule has 5 nitrogen and oxygen atoms in total. The minimum Gasteiger partial charge on any atom is -0.452 e. The normalized spacial score (nSPS) is 15.6. The summed E-state index contributed by atoms with van der Waals surface area (Å²) in [4.78, 5) is 4.65. The molecule has 0 amide bonds. The third-order valence-electron chi connectivity index (χ3n) is 23.8. The Balaban J connectivity index is 0.934. The Kier molecular flexibility index (Phi) is 11.8. The number of anilines is 6. The van der Waals surface area contributed by atoms with E-state index < -0.39 is 103 Å². The van der Waals surface area contributed by atoms with Crippen LogP contribution >= 0.6 is 0 Å². The Bertz CT molecular complexity index is 7710. The summed E-state index contributed by atoms with van der Waals surface area (Å²) in [5.74, 6) is -0.301. The van der Waals surface area contributed by atoms with E-state index in [4.69, 9.17) is 9.90 Å². The van der Waals surface area contributed by atoms with Crippen LogP contribution in [0.4, 0.5) is 34.1 Å². The molecule has 3 aliphatic rings. The van der Waals surface area contributed by atoms with Crippen molar-refractivity contribution in [1.82, 2.24) is 9.13 Å². The number of aromatic nitrogens is 2. The maximum absolute atomic E-state index is 9.91. The molecule has 6 heteroatoms. The molecule has 18 aromatic rings. The zero-order chi connectivity index (χ0) is 90.8. The Hall–Kier alpha value is -12.6. The number of rotatable bonds is 8. The SMILES string of the molecule is [2H]c1c([2H])c([2H])c2c(c1[2H])c1c([2H])c([2H])c([2H])c([2H])c1n2-c1ccc2c(c1)N(c1cc(-c3ccccc3)cc(-c3ccccc3)c1)c1cc(-c3cc(C(C)(C)C)cc(C(C)(C)C)c3)cc3c1B2c1ccc(C2c4ccc(C(C)(C)C)cc4-c4cc(C(C)(C)C)ccc42)cc1N3c1cccc2c1oc1c(-n3c4c([2H])c([2H])c([2H])c([2H])c4c4c([2H])c([2H])c([2H])c([2H])c43)cccc12.